The molecule has 1 aliphatic rings. The number of carboxylic acid groups (broad SMARTS) is 1. The molecule has 34 heavy (non-hydrogen) atoms. The first-order valence-electron chi connectivity index (χ1n) is 11.4. The van der Waals surface area contributed by atoms with Crippen molar-refractivity contribution in [2.45, 2.75) is 40.0 Å². The lowest BCUT2D eigenvalue weighted by atomic mass is 9.99. The molecule has 0 spiro atoms. The van der Waals surface area contributed by atoms with Gasteiger partial charge in [-0.15, -0.1) is 0 Å². The van der Waals surface area contributed by atoms with Crippen molar-refractivity contribution in [3.8, 4) is 11.5 Å². The summed E-state index contributed by atoms with van der Waals surface area (Å²) in [6.45, 7) is 6.50. The largest absolute Gasteiger partial charge is 0.492 e. The van der Waals surface area contributed by atoms with Crippen molar-refractivity contribution < 1.29 is 29.0 Å². The first-order chi connectivity index (χ1) is 16.4. The quantitative estimate of drug-likeness (QED) is 0.443. The van der Waals surface area contributed by atoms with E-state index >= 15 is 0 Å². The number of amides is 2. The van der Waals surface area contributed by atoms with Crippen molar-refractivity contribution in [3.63, 3.8) is 0 Å². The fourth-order valence-corrected chi connectivity index (χ4v) is 4.28. The summed E-state index contributed by atoms with van der Waals surface area (Å²) >= 11 is 0. The lowest BCUT2D eigenvalue weighted by molar-refractivity contribution is -0.136. The molecule has 0 radical (unpaired) electrons. The minimum atomic E-state index is -0.949. The van der Waals surface area contributed by atoms with Gasteiger partial charge in [-0.05, 0) is 37.0 Å². The van der Waals surface area contributed by atoms with Gasteiger partial charge in [0.15, 0.2) is 0 Å². The maximum Gasteiger partial charge on any atom is 0.307 e. The van der Waals surface area contributed by atoms with E-state index in [1.165, 1.54) is 0 Å². The second kappa shape index (κ2) is 9.55. The number of ether oxygens (including phenoxy) is 2. The highest BCUT2D eigenvalue weighted by atomic mass is 16.5. The van der Waals surface area contributed by atoms with Crippen LogP contribution in [0.2, 0.25) is 0 Å². The predicted octanol–water partition coefficient (Wildman–Crippen LogP) is 5.15. The summed E-state index contributed by atoms with van der Waals surface area (Å²) in [5, 5.41) is 10.5. The van der Waals surface area contributed by atoms with E-state index in [-0.39, 0.29) is 17.5 Å². The van der Waals surface area contributed by atoms with E-state index in [4.69, 9.17) is 14.6 Å². The van der Waals surface area contributed by atoms with Crippen LogP contribution < -0.4 is 14.4 Å². The van der Waals surface area contributed by atoms with Gasteiger partial charge < -0.3 is 14.6 Å². The minimum Gasteiger partial charge on any atom is -0.492 e. The van der Waals surface area contributed by atoms with Crippen LogP contribution in [0.1, 0.15) is 58.5 Å². The van der Waals surface area contributed by atoms with Crippen LogP contribution in [0.15, 0.2) is 42.5 Å². The third-order valence-corrected chi connectivity index (χ3v) is 5.71. The second-order valence-corrected chi connectivity index (χ2v) is 8.29. The third-order valence-electron chi connectivity index (χ3n) is 5.71. The van der Waals surface area contributed by atoms with Crippen LogP contribution >= 0.6 is 0 Å². The van der Waals surface area contributed by atoms with E-state index in [0.29, 0.717) is 41.5 Å². The van der Waals surface area contributed by atoms with Gasteiger partial charge in [0.05, 0.1) is 36.4 Å². The second-order valence-electron chi connectivity index (χ2n) is 8.29. The predicted molar refractivity (Wildman–Crippen MR) is 129 cm³/mol. The van der Waals surface area contributed by atoms with Crippen LogP contribution in [0, 0.1) is 6.92 Å². The summed E-state index contributed by atoms with van der Waals surface area (Å²) in [6, 6.07) is 12.4. The molecule has 4 rings (SSSR count). The van der Waals surface area contributed by atoms with Crippen LogP contribution in [0.25, 0.3) is 10.8 Å². The molecule has 0 saturated heterocycles. The van der Waals surface area contributed by atoms with Gasteiger partial charge in [0, 0.05) is 10.8 Å². The number of nitrogens with zero attached hydrogens (tertiary/aromatic N) is 1. The monoisotopic (exact) mass is 461 g/mol. The van der Waals surface area contributed by atoms with Crippen LogP contribution in [-0.2, 0) is 11.2 Å². The molecule has 1 aliphatic heterocycles. The molecule has 0 unspecified atom stereocenters. The Morgan fingerprint density at radius 3 is 1.85 bits per heavy atom. The topological polar surface area (TPSA) is 93.1 Å². The number of hydrogen-bond donors (Lipinski definition) is 1. The minimum absolute atomic E-state index is 0.140. The standard InChI is InChI=1S/C27H27NO6/c1-4-12-33-24-18-8-6-7-9-19(18)25(34-13-5-2)23-22(24)26(31)28(27(23)32)20-11-10-17(14-16(20)3)15-21(29)30/h6-11,14H,4-5,12-13,15H2,1-3H3,(H,29,30). The Kier molecular flexibility index (Phi) is 6.54. The van der Waals surface area contributed by atoms with Gasteiger partial charge >= 0.3 is 5.97 Å². The highest BCUT2D eigenvalue weighted by molar-refractivity contribution is 6.38. The van der Waals surface area contributed by atoms with E-state index < -0.39 is 17.8 Å². The fraction of sp³-hybridized carbons (Fsp3) is 0.296. The molecule has 0 bridgehead atoms. The van der Waals surface area contributed by atoms with Gasteiger partial charge in [0.25, 0.3) is 11.8 Å². The lowest BCUT2D eigenvalue weighted by Crippen LogP contribution is -2.30. The number of carbonyl (C=O) groups is 3. The SMILES string of the molecule is CCCOc1c2c(c(OCCC)c3ccccc13)C(=O)N(c1ccc(CC(=O)O)cc1C)C2=O. The van der Waals surface area contributed by atoms with Gasteiger partial charge in [-0.3, -0.25) is 14.4 Å². The number of hydrogen-bond acceptors (Lipinski definition) is 5. The molecule has 1 N–H and O–H groups in total. The van der Waals surface area contributed by atoms with E-state index in [1.807, 2.05) is 38.1 Å². The molecule has 0 atom stereocenters. The van der Waals surface area contributed by atoms with Crippen molar-refractivity contribution in [2.75, 3.05) is 18.1 Å². The summed E-state index contributed by atoms with van der Waals surface area (Å²) in [4.78, 5) is 39.7. The summed E-state index contributed by atoms with van der Waals surface area (Å²) in [6.07, 6.45) is 1.35. The summed E-state index contributed by atoms with van der Waals surface area (Å²) in [5.41, 5.74) is 2.04. The van der Waals surface area contributed by atoms with Gasteiger partial charge in [0.1, 0.15) is 11.5 Å². The van der Waals surface area contributed by atoms with E-state index in [9.17, 15) is 14.4 Å². The van der Waals surface area contributed by atoms with Crippen molar-refractivity contribution in [3.05, 3.63) is 64.7 Å². The van der Waals surface area contributed by atoms with Gasteiger partial charge in [-0.25, -0.2) is 4.90 Å². The van der Waals surface area contributed by atoms with Crippen molar-refractivity contribution >= 4 is 34.2 Å². The number of carbonyl (C=O) groups excluding carboxylic acids is 2. The average molecular weight is 462 g/mol. The molecule has 3 aromatic rings. The first-order valence-corrected chi connectivity index (χ1v) is 11.4. The Labute approximate surface area is 197 Å². The zero-order valence-corrected chi connectivity index (χ0v) is 19.5. The Morgan fingerprint density at radius 1 is 0.882 bits per heavy atom. The number of anilines is 1. The zero-order chi connectivity index (χ0) is 24.4. The van der Waals surface area contributed by atoms with Gasteiger partial charge in [0.2, 0.25) is 0 Å². The van der Waals surface area contributed by atoms with Gasteiger partial charge in [-0.2, -0.15) is 0 Å². The molecule has 7 heteroatoms. The van der Waals surface area contributed by atoms with Crippen LogP contribution in [0.3, 0.4) is 0 Å². The number of imide groups is 1. The van der Waals surface area contributed by atoms with E-state index in [2.05, 4.69) is 0 Å². The summed E-state index contributed by atoms with van der Waals surface area (Å²) in [7, 11) is 0. The first kappa shape index (κ1) is 23.3. The molecule has 176 valence electrons. The molecule has 0 aliphatic carbocycles. The maximum absolute atomic E-state index is 13.8. The lowest BCUT2D eigenvalue weighted by Gasteiger charge is -2.17. The van der Waals surface area contributed by atoms with Crippen molar-refractivity contribution in [1.82, 2.24) is 0 Å². The van der Waals surface area contributed by atoms with Crippen LogP contribution in [0.4, 0.5) is 5.69 Å². The van der Waals surface area contributed by atoms with E-state index in [0.717, 1.165) is 28.5 Å². The van der Waals surface area contributed by atoms with Crippen molar-refractivity contribution in [1.29, 1.82) is 0 Å². The Hall–Kier alpha value is -3.87. The summed E-state index contributed by atoms with van der Waals surface area (Å²) in [5.74, 6) is -1.14. The molecule has 3 aromatic carbocycles. The molecule has 0 saturated carbocycles. The molecular formula is C27H27NO6. The normalized spacial score (nSPS) is 12.9. The Morgan fingerprint density at radius 2 is 1.41 bits per heavy atom. The molecule has 2 amide bonds. The fourth-order valence-electron chi connectivity index (χ4n) is 4.28. The maximum atomic E-state index is 13.8. The molecule has 0 aromatic heterocycles. The highest BCUT2D eigenvalue weighted by Crippen LogP contribution is 2.46. The van der Waals surface area contributed by atoms with Crippen LogP contribution in [-0.4, -0.2) is 36.1 Å². The highest BCUT2D eigenvalue weighted by Gasteiger charge is 2.44. The molecule has 7 nitrogen and oxygen atoms in total. The Bertz CT molecular complexity index is 1230. The number of carboxylic acids is 1. The number of rotatable bonds is 9. The van der Waals surface area contributed by atoms with E-state index in [1.54, 1.807) is 25.1 Å². The number of benzene rings is 3. The summed E-state index contributed by atoms with van der Waals surface area (Å²) < 4.78 is 12.1. The molecule has 0 fully saturated rings. The molecular weight excluding hydrogens is 434 g/mol. The number of aryl methyl sites for hydroxylation is 1. The zero-order valence-electron chi connectivity index (χ0n) is 19.5. The average Bonchev–Trinajstić information content (AvgIpc) is 3.06. The van der Waals surface area contributed by atoms with Crippen LogP contribution in [0.5, 0.6) is 11.5 Å². The smallest absolute Gasteiger partial charge is 0.307 e. The Balaban J connectivity index is 1.92. The number of fused-ring (bicyclic) bond motifs is 2. The van der Waals surface area contributed by atoms with Crippen molar-refractivity contribution in [2.24, 2.45) is 0 Å². The molecule has 1 heterocycles. The van der Waals surface area contributed by atoms with Gasteiger partial charge in [-0.1, -0.05) is 50.2 Å². The number of aliphatic carboxylic acids is 1. The third kappa shape index (κ3) is 3.98.